The monoisotopic (exact) mass is 496 g/mol. The molecule has 0 amide bonds. The van der Waals surface area contributed by atoms with Gasteiger partial charge in [0.1, 0.15) is 5.75 Å². The van der Waals surface area contributed by atoms with E-state index in [4.69, 9.17) is 9.29 Å². The van der Waals surface area contributed by atoms with Crippen LogP contribution in [0.2, 0.25) is 0 Å². The van der Waals surface area contributed by atoms with Gasteiger partial charge in [0.2, 0.25) is 9.84 Å². The molecule has 176 valence electrons. The zero-order valence-electron chi connectivity index (χ0n) is 17.3. The highest BCUT2D eigenvalue weighted by atomic mass is 32.3. The second-order valence-electron chi connectivity index (χ2n) is 7.28. The summed E-state index contributed by atoms with van der Waals surface area (Å²) in [5, 5.41) is 0. The Morgan fingerprint density at radius 3 is 1.67 bits per heavy atom. The van der Waals surface area contributed by atoms with Crippen LogP contribution in [-0.2, 0) is 20.0 Å². The minimum atomic E-state index is -6.07. The summed E-state index contributed by atoms with van der Waals surface area (Å²) in [4.78, 5) is 0. The summed E-state index contributed by atoms with van der Waals surface area (Å²) in [7, 11) is -11.5. The first kappa shape index (κ1) is 24.8. The van der Waals surface area contributed by atoms with E-state index in [-0.39, 0.29) is 18.9 Å². The van der Waals surface area contributed by atoms with E-state index in [9.17, 15) is 25.6 Å². The van der Waals surface area contributed by atoms with E-state index in [0.717, 1.165) is 16.7 Å². The van der Waals surface area contributed by atoms with Gasteiger partial charge in [-0.3, -0.25) is 4.55 Å². The van der Waals surface area contributed by atoms with Crippen molar-refractivity contribution < 1.29 is 34.9 Å². The predicted molar refractivity (Wildman–Crippen MR) is 121 cm³/mol. The summed E-state index contributed by atoms with van der Waals surface area (Å²) in [5.41, 5.74) is 3.19. The number of hydrogen-bond acceptors (Lipinski definition) is 5. The number of benzene rings is 3. The van der Waals surface area contributed by atoms with Gasteiger partial charge in [-0.1, -0.05) is 72.8 Å². The van der Waals surface area contributed by atoms with E-state index in [0.29, 0.717) is 5.75 Å². The average Bonchev–Trinajstić information content (AvgIpc) is 2.78. The average molecular weight is 497 g/mol. The van der Waals surface area contributed by atoms with Crippen molar-refractivity contribution in [2.24, 2.45) is 0 Å². The fourth-order valence-electron chi connectivity index (χ4n) is 3.34. The molecule has 3 rings (SSSR count). The SMILES string of the molecule is O=S(=O)(O)C(F)(F)S(=O)(=O)CCCOc1ccc(C(c2ccccc2)c2ccccc2)cc1. The molecule has 0 atom stereocenters. The Hall–Kier alpha value is -2.82. The lowest BCUT2D eigenvalue weighted by atomic mass is 9.85. The van der Waals surface area contributed by atoms with E-state index in [2.05, 4.69) is 0 Å². The summed E-state index contributed by atoms with van der Waals surface area (Å²) >= 11 is 0. The molecule has 0 heterocycles. The van der Waals surface area contributed by atoms with Gasteiger partial charge in [0.25, 0.3) is 0 Å². The zero-order valence-corrected chi connectivity index (χ0v) is 19.0. The zero-order chi connectivity index (χ0) is 24.1. The molecule has 0 fully saturated rings. The molecule has 0 saturated carbocycles. The summed E-state index contributed by atoms with van der Waals surface area (Å²) in [5.74, 6) is -0.783. The smallest absolute Gasteiger partial charge is 0.470 e. The first-order valence-electron chi connectivity index (χ1n) is 9.93. The van der Waals surface area contributed by atoms with Crippen molar-refractivity contribution in [3.8, 4) is 5.75 Å². The molecule has 0 aliphatic rings. The van der Waals surface area contributed by atoms with Crippen LogP contribution >= 0.6 is 0 Å². The molecule has 0 aliphatic carbocycles. The van der Waals surface area contributed by atoms with E-state index in [1.54, 1.807) is 12.1 Å². The van der Waals surface area contributed by atoms with Crippen LogP contribution in [0.1, 0.15) is 29.0 Å². The molecule has 0 unspecified atom stereocenters. The largest absolute Gasteiger partial charge is 0.494 e. The van der Waals surface area contributed by atoms with Crippen LogP contribution in [0, 0.1) is 0 Å². The van der Waals surface area contributed by atoms with Gasteiger partial charge < -0.3 is 4.74 Å². The predicted octanol–water partition coefficient (Wildman–Crippen LogP) is 4.49. The highest BCUT2D eigenvalue weighted by molar-refractivity contribution is 8.07. The van der Waals surface area contributed by atoms with Gasteiger partial charge in [0.15, 0.2) is 0 Å². The van der Waals surface area contributed by atoms with E-state index < -0.39 is 30.3 Å². The number of rotatable bonds is 10. The number of ether oxygens (including phenoxy) is 1. The normalized spacial score (nSPS) is 12.6. The van der Waals surface area contributed by atoms with Crippen molar-refractivity contribution in [2.45, 2.75) is 16.9 Å². The molecular formula is C23H22F2O6S2. The van der Waals surface area contributed by atoms with Crippen molar-refractivity contribution in [1.82, 2.24) is 0 Å². The van der Waals surface area contributed by atoms with Gasteiger partial charge in [-0.15, -0.1) is 0 Å². The highest BCUT2D eigenvalue weighted by Crippen LogP contribution is 2.33. The molecule has 0 spiro atoms. The number of sulfone groups is 1. The van der Waals surface area contributed by atoms with Crippen LogP contribution in [0.4, 0.5) is 8.78 Å². The summed E-state index contributed by atoms with van der Waals surface area (Å²) in [6.07, 6.45) is -0.383. The van der Waals surface area contributed by atoms with Gasteiger partial charge in [-0.2, -0.15) is 17.2 Å². The minimum absolute atomic E-state index is 0.0192. The van der Waals surface area contributed by atoms with Crippen LogP contribution in [-0.4, -0.2) is 38.3 Å². The molecular weight excluding hydrogens is 474 g/mol. The third-order valence-corrected chi connectivity index (χ3v) is 8.51. The molecule has 0 bridgehead atoms. The van der Waals surface area contributed by atoms with Crippen LogP contribution in [0.15, 0.2) is 84.9 Å². The third-order valence-electron chi connectivity index (χ3n) is 4.97. The molecule has 0 aromatic heterocycles. The van der Waals surface area contributed by atoms with Crippen molar-refractivity contribution in [3.63, 3.8) is 0 Å². The lowest BCUT2D eigenvalue weighted by molar-refractivity contribution is 0.166. The summed E-state index contributed by atoms with van der Waals surface area (Å²) in [6, 6.07) is 27.0. The second-order valence-corrected chi connectivity index (χ2v) is 11.2. The minimum Gasteiger partial charge on any atom is -0.494 e. The topological polar surface area (TPSA) is 97.7 Å². The van der Waals surface area contributed by atoms with Gasteiger partial charge >= 0.3 is 14.7 Å². The number of alkyl halides is 2. The molecule has 3 aromatic carbocycles. The van der Waals surface area contributed by atoms with Gasteiger partial charge in [0, 0.05) is 5.92 Å². The maximum atomic E-state index is 13.4. The number of hydrogen-bond donors (Lipinski definition) is 1. The molecule has 0 aliphatic heterocycles. The first-order chi connectivity index (χ1) is 15.5. The quantitative estimate of drug-likeness (QED) is 0.252. The molecule has 3 aromatic rings. The summed E-state index contributed by atoms with van der Waals surface area (Å²) < 4.78 is 79.8. The van der Waals surface area contributed by atoms with Crippen molar-refractivity contribution >= 4 is 20.0 Å². The highest BCUT2D eigenvalue weighted by Gasteiger charge is 2.56. The molecule has 6 nitrogen and oxygen atoms in total. The van der Waals surface area contributed by atoms with Gasteiger partial charge in [-0.05, 0) is 35.2 Å². The third kappa shape index (κ3) is 5.76. The second kappa shape index (κ2) is 9.98. The molecule has 10 heteroatoms. The Bertz CT molecular complexity index is 1220. The Labute approximate surface area is 191 Å². The van der Waals surface area contributed by atoms with Crippen molar-refractivity contribution in [2.75, 3.05) is 12.4 Å². The molecule has 0 saturated heterocycles. The molecule has 0 radical (unpaired) electrons. The van der Waals surface area contributed by atoms with Crippen LogP contribution in [0.5, 0.6) is 5.75 Å². The Morgan fingerprint density at radius 1 is 0.758 bits per heavy atom. The lowest BCUT2D eigenvalue weighted by Gasteiger charge is -2.19. The van der Waals surface area contributed by atoms with Crippen LogP contribution in [0.3, 0.4) is 0 Å². The van der Waals surface area contributed by atoms with E-state index in [1.165, 1.54) is 0 Å². The van der Waals surface area contributed by atoms with Gasteiger partial charge in [0.05, 0.1) is 12.4 Å². The fourth-order valence-corrected chi connectivity index (χ4v) is 5.61. The maximum Gasteiger partial charge on any atom is 0.470 e. The summed E-state index contributed by atoms with van der Waals surface area (Å²) in [6.45, 7) is -0.235. The molecule has 33 heavy (non-hydrogen) atoms. The lowest BCUT2D eigenvalue weighted by Crippen LogP contribution is -2.39. The van der Waals surface area contributed by atoms with E-state index in [1.807, 2.05) is 72.8 Å². The van der Waals surface area contributed by atoms with Crippen LogP contribution < -0.4 is 4.74 Å². The standard InChI is InChI=1S/C23H22F2O6S2/c24-23(25,33(28,29)30)32(26,27)17-7-16-31-21-14-12-20(13-15-21)22(18-8-3-1-4-9-18)19-10-5-2-6-11-19/h1-6,8-15,22H,7,16-17H2,(H,28,29,30). The van der Waals surface area contributed by atoms with E-state index >= 15 is 0 Å². The molecule has 1 N–H and O–H groups in total. The van der Waals surface area contributed by atoms with Crippen molar-refractivity contribution in [1.29, 1.82) is 0 Å². The fraction of sp³-hybridized carbons (Fsp3) is 0.217. The van der Waals surface area contributed by atoms with Gasteiger partial charge in [-0.25, -0.2) is 8.42 Å². The number of halogens is 2. The Kier molecular flexibility index (Phi) is 7.51. The Morgan fingerprint density at radius 2 is 1.21 bits per heavy atom. The van der Waals surface area contributed by atoms with Crippen molar-refractivity contribution in [3.05, 3.63) is 102 Å². The maximum absolute atomic E-state index is 13.4. The van der Waals surface area contributed by atoms with Crippen LogP contribution in [0.25, 0.3) is 0 Å². The first-order valence-corrected chi connectivity index (χ1v) is 13.0. The Balaban J connectivity index is 1.67.